The molecule has 1 aromatic rings. The highest BCUT2D eigenvalue weighted by Gasteiger charge is 2.13. The normalized spacial score (nSPS) is 10.9. The number of ether oxygens (including phenoxy) is 1. The summed E-state index contributed by atoms with van der Waals surface area (Å²) in [6.07, 6.45) is 1.01. The van der Waals surface area contributed by atoms with Crippen molar-refractivity contribution in [2.75, 3.05) is 0 Å². The van der Waals surface area contributed by atoms with Crippen molar-refractivity contribution in [3.63, 3.8) is 0 Å². The molecule has 0 saturated carbocycles. The van der Waals surface area contributed by atoms with Crippen LogP contribution in [0.5, 0.6) is 5.75 Å². The van der Waals surface area contributed by atoms with Crippen molar-refractivity contribution >= 4 is 33.2 Å². The van der Waals surface area contributed by atoms with Crippen molar-refractivity contribution in [3.8, 4) is 5.75 Å². The number of para-hydroxylation sites is 1. The smallest absolute Gasteiger partial charge is 0.241 e. The molecule has 82 valence electrons. The highest BCUT2D eigenvalue weighted by Crippen LogP contribution is 2.23. The van der Waals surface area contributed by atoms with Gasteiger partial charge in [-0.05, 0) is 12.1 Å². The van der Waals surface area contributed by atoms with Crippen LogP contribution in [0.1, 0.15) is 0 Å². The van der Waals surface area contributed by atoms with Gasteiger partial charge in [-0.3, -0.25) is 0 Å². The maximum atomic E-state index is 11.1. The van der Waals surface area contributed by atoms with Gasteiger partial charge in [0.2, 0.25) is 10.0 Å². The number of primary sulfonamides is 1. The van der Waals surface area contributed by atoms with E-state index in [1.54, 1.807) is 6.07 Å². The molecule has 0 bridgehead atoms. The summed E-state index contributed by atoms with van der Waals surface area (Å²) >= 11 is 10.6. The monoisotopic (exact) mass is 267 g/mol. The number of benzene rings is 1. The molecule has 0 fully saturated rings. The molecule has 0 aliphatic carbocycles. The van der Waals surface area contributed by atoms with Gasteiger partial charge in [-0.25, -0.2) is 13.6 Å². The predicted molar refractivity (Wildman–Crippen MR) is 58.2 cm³/mol. The van der Waals surface area contributed by atoms with E-state index < -0.39 is 10.0 Å². The Morgan fingerprint density at radius 1 is 1.33 bits per heavy atom. The fourth-order valence-corrected chi connectivity index (χ4v) is 1.64. The van der Waals surface area contributed by atoms with Crippen LogP contribution in [0.15, 0.2) is 39.9 Å². The quantitative estimate of drug-likeness (QED) is 0.852. The zero-order valence-corrected chi connectivity index (χ0v) is 9.68. The van der Waals surface area contributed by atoms with Gasteiger partial charge in [0.05, 0.1) is 0 Å². The summed E-state index contributed by atoms with van der Waals surface area (Å²) in [5.74, 6) is 0.0683. The molecule has 0 aromatic heterocycles. The highest BCUT2D eigenvalue weighted by atomic mass is 35.5. The molecule has 7 heteroatoms. The first-order chi connectivity index (χ1) is 6.91. The number of hydrogen-bond donors (Lipinski definition) is 1. The molecule has 0 unspecified atom stereocenters. The van der Waals surface area contributed by atoms with E-state index in [0.717, 1.165) is 6.26 Å². The van der Waals surface area contributed by atoms with E-state index in [9.17, 15) is 8.42 Å². The Bertz CT molecular complexity index is 480. The van der Waals surface area contributed by atoms with Gasteiger partial charge in [-0.1, -0.05) is 35.3 Å². The van der Waals surface area contributed by atoms with E-state index in [2.05, 4.69) is 0 Å². The molecule has 0 heterocycles. The van der Waals surface area contributed by atoms with Crippen LogP contribution in [0, 0.1) is 0 Å². The molecule has 0 aliphatic heterocycles. The lowest BCUT2D eigenvalue weighted by Crippen LogP contribution is -2.13. The molecule has 0 spiro atoms. The molecule has 15 heavy (non-hydrogen) atoms. The van der Waals surface area contributed by atoms with Crippen LogP contribution in [0.2, 0.25) is 0 Å². The van der Waals surface area contributed by atoms with Gasteiger partial charge in [0.25, 0.3) is 0 Å². The summed E-state index contributed by atoms with van der Waals surface area (Å²) in [7, 11) is -3.82. The molecule has 0 aliphatic rings. The second-order valence-corrected chi connectivity index (χ2v) is 5.05. The Labute approximate surface area is 97.3 Å². The Morgan fingerprint density at radius 2 is 1.93 bits per heavy atom. The van der Waals surface area contributed by atoms with E-state index in [-0.39, 0.29) is 15.1 Å². The summed E-state index contributed by atoms with van der Waals surface area (Å²) in [6, 6.07) is 5.88. The van der Waals surface area contributed by atoms with E-state index in [1.807, 2.05) is 0 Å². The predicted octanol–water partition coefficient (Wildman–Crippen LogP) is 1.99. The molecular formula is C8H7Cl2NO3S. The lowest BCUT2D eigenvalue weighted by molar-refractivity contribution is 0.466. The van der Waals surface area contributed by atoms with Gasteiger partial charge in [0.1, 0.15) is 21.4 Å². The first-order valence-electron chi connectivity index (χ1n) is 3.71. The number of hydrogen-bond acceptors (Lipinski definition) is 3. The number of sulfonamides is 1. The number of halogens is 2. The van der Waals surface area contributed by atoms with Crippen LogP contribution in [0.4, 0.5) is 0 Å². The Kier molecular flexibility index (Phi) is 3.98. The van der Waals surface area contributed by atoms with Crippen LogP contribution < -0.4 is 9.88 Å². The molecule has 0 atom stereocenters. The second kappa shape index (κ2) is 4.85. The Morgan fingerprint density at radius 3 is 2.47 bits per heavy atom. The van der Waals surface area contributed by atoms with Crippen molar-refractivity contribution in [2.24, 2.45) is 5.14 Å². The van der Waals surface area contributed by atoms with Gasteiger partial charge in [-0.2, -0.15) is 0 Å². The minimum atomic E-state index is -3.82. The van der Waals surface area contributed by atoms with Crippen molar-refractivity contribution in [2.45, 2.75) is 4.90 Å². The number of nitrogens with two attached hydrogens (primary N) is 1. The first-order valence-corrected chi connectivity index (χ1v) is 6.01. The summed E-state index contributed by atoms with van der Waals surface area (Å²) in [5.41, 5.74) is 0. The van der Waals surface area contributed by atoms with Crippen LogP contribution in [0.25, 0.3) is 0 Å². The van der Waals surface area contributed by atoms with Crippen molar-refractivity contribution in [1.29, 1.82) is 0 Å². The summed E-state index contributed by atoms with van der Waals surface area (Å²) in [4.78, 5) is -0.129. The fourth-order valence-electron chi connectivity index (χ4n) is 0.891. The van der Waals surface area contributed by atoms with E-state index in [1.165, 1.54) is 18.2 Å². The van der Waals surface area contributed by atoms with Crippen LogP contribution in [-0.4, -0.2) is 8.42 Å². The maximum Gasteiger partial charge on any atom is 0.241 e. The van der Waals surface area contributed by atoms with Crippen LogP contribution in [-0.2, 0) is 10.0 Å². The third-order valence-electron chi connectivity index (χ3n) is 1.43. The van der Waals surface area contributed by atoms with Gasteiger partial charge >= 0.3 is 0 Å². The molecule has 0 radical (unpaired) electrons. The topological polar surface area (TPSA) is 69.4 Å². The highest BCUT2D eigenvalue weighted by molar-refractivity contribution is 7.89. The minimum Gasteiger partial charge on any atom is -0.461 e. The van der Waals surface area contributed by atoms with Gasteiger partial charge in [0.15, 0.2) is 0 Å². The summed E-state index contributed by atoms with van der Waals surface area (Å²) in [6.45, 7) is 0. The molecule has 0 saturated heterocycles. The Balaban J connectivity index is 3.14. The van der Waals surface area contributed by atoms with Gasteiger partial charge in [-0.15, -0.1) is 0 Å². The third kappa shape index (κ3) is 3.71. The maximum absolute atomic E-state index is 11.1. The van der Waals surface area contributed by atoms with E-state index in [4.69, 9.17) is 33.1 Å². The van der Waals surface area contributed by atoms with Crippen molar-refractivity contribution < 1.29 is 13.2 Å². The average Bonchev–Trinajstić information content (AvgIpc) is 2.13. The Hall–Kier alpha value is -0.750. The lowest BCUT2D eigenvalue weighted by atomic mass is 10.3. The summed E-state index contributed by atoms with van der Waals surface area (Å²) < 4.78 is 27.0. The van der Waals surface area contributed by atoms with Gasteiger partial charge < -0.3 is 4.74 Å². The second-order valence-electron chi connectivity index (χ2n) is 2.52. The molecule has 1 rings (SSSR count). The molecule has 2 N–H and O–H groups in total. The van der Waals surface area contributed by atoms with Crippen molar-refractivity contribution in [1.82, 2.24) is 0 Å². The lowest BCUT2D eigenvalue weighted by Gasteiger charge is -2.05. The minimum absolute atomic E-state index is 0.0683. The van der Waals surface area contributed by atoms with Crippen LogP contribution in [0.3, 0.4) is 0 Å². The SMILES string of the molecule is NS(=O)(=O)c1ccccc1OC=C(Cl)Cl. The molecule has 1 aromatic carbocycles. The fraction of sp³-hybridized carbons (Fsp3) is 0. The molecular weight excluding hydrogens is 261 g/mol. The zero-order valence-electron chi connectivity index (χ0n) is 7.35. The van der Waals surface area contributed by atoms with Gasteiger partial charge in [0, 0.05) is 0 Å². The molecule has 0 amide bonds. The van der Waals surface area contributed by atoms with E-state index >= 15 is 0 Å². The van der Waals surface area contributed by atoms with E-state index in [0.29, 0.717) is 0 Å². The zero-order chi connectivity index (χ0) is 11.5. The molecule has 4 nitrogen and oxygen atoms in total. The standard InChI is InChI=1S/C8H7Cl2NO3S/c9-8(10)5-14-6-3-1-2-4-7(6)15(11,12)13/h1-5H,(H2,11,12,13). The summed E-state index contributed by atoms with van der Waals surface area (Å²) in [5, 5.41) is 4.97. The first kappa shape index (κ1) is 12.3. The van der Waals surface area contributed by atoms with Crippen LogP contribution >= 0.6 is 23.2 Å². The largest absolute Gasteiger partial charge is 0.461 e. The third-order valence-corrected chi connectivity index (χ3v) is 2.56. The average molecular weight is 268 g/mol. The number of rotatable bonds is 3. The van der Waals surface area contributed by atoms with Crippen molar-refractivity contribution in [3.05, 3.63) is 35.0 Å².